The molecule has 2 aromatic rings. The molecule has 0 saturated carbocycles. The predicted octanol–water partition coefficient (Wildman–Crippen LogP) is 6.38. The number of nitrogens with zero attached hydrogens (tertiary/aromatic N) is 2. The fourth-order valence-corrected chi connectivity index (χ4v) is 3.66. The van der Waals surface area contributed by atoms with E-state index in [1.807, 2.05) is 0 Å². The van der Waals surface area contributed by atoms with E-state index in [9.17, 15) is 13.2 Å². The second kappa shape index (κ2) is 12.3. The molecule has 1 fully saturated rings. The summed E-state index contributed by atoms with van der Waals surface area (Å²) in [5, 5.41) is 7.17. The third kappa shape index (κ3) is 7.38. The third-order valence-electron chi connectivity index (χ3n) is 5.39. The monoisotopic (exact) mass is 461 g/mol. The minimum atomic E-state index is -4.52. The Kier molecular flexibility index (Phi) is 10.1. The molecule has 1 saturated heterocycles. The number of piperidine rings is 1. The molecule has 31 heavy (non-hydrogen) atoms. The summed E-state index contributed by atoms with van der Waals surface area (Å²) in [6, 6.07) is 3.96. The molecule has 1 unspecified atom stereocenters. The molecule has 1 N–H and O–H groups in total. The van der Waals surface area contributed by atoms with Crippen molar-refractivity contribution < 1.29 is 22.4 Å². The molecule has 0 aliphatic carbocycles. The van der Waals surface area contributed by atoms with Gasteiger partial charge in [0.2, 0.25) is 11.7 Å². The summed E-state index contributed by atoms with van der Waals surface area (Å²) in [4.78, 5) is 4.34. The minimum Gasteiger partial charge on any atom is -0.493 e. The molecule has 0 amide bonds. The molecule has 5 nitrogen and oxygen atoms in total. The fraction of sp³-hybridized carbons (Fsp3) is 0.636. The van der Waals surface area contributed by atoms with Gasteiger partial charge in [-0.25, -0.2) is 0 Å². The average molecular weight is 462 g/mol. The molecular weight excluding hydrogens is 431 g/mol. The Morgan fingerprint density at radius 3 is 2.65 bits per heavy atom. The molecular formula is C22H31ClF3N3O2. The van der Waals surface area contributed by atoms with Crippen molar-refractivity contribution in [2.45, 2.75) is 70.4 Å². The third-order valence-corrected chi connectivity index (χ3v) is 5.39. The van der Waals surface area contributed by atoms with E-state index in [2.05, 4.69) is 22.4 Å². The maximum Gasteiger partial charge on any atom is 0.419 e. The number of aromatic nitrogens is 2. The average Bonchev–Trinajstić information content (AvgIpc) is 3.23. The first kappa shape index (κ1) is 25.5. The Balaban J connectivity index is 0.00000341. The van der Waals surface area contributed by atoms with Crippen molar-refractivity contribution in [3.63, 3.8) is 0 Å². The number of halogens is 4. The summed E-state index contributed by atoms with van der Waals surface area (Å²) < 4.78 is 51.6. The number of rotatable bonds is 10. The number of unbranched alkanes of at least 4 members (excludes halogenated alkanes) is 5. The highest BCUT2D eigenvalue weighted by Gasteiger charge is 2.35. The Morgan fingerprint density at radius 1 is 1.16 bits per heavy atom. The Labute approximate surface area is 187 Å². The van der Waals surface area contributed by atoms with E-state index < -0.39 is 11.7 Å². The van der Waals surface area contributed by atoms with Crippen LogP contribution in [0.25, 0.3) is 11.4 Å². The Bertz CT molecular complexity index is 793. The van der Waals surface area contributed by atoms with Gasteiger partial charge in [-0.1, -0.05) is 44.2 Å². The smallest absolute Gasteiger partial charge is 0.419 e. The van der Waals surface area contributed by atoms with Crippen LogP contribution in [0.5, 0.6) is 5.75 Å². The van der Waals surface area contributed by atoms with Gasteiger partial charge in [0.15, 0.2) is 0 Å². The van der Waals surface area contributed by atoms with Crippen LogP contribution in [-0.2, 0) is 6.18 Å². The summed E-state index contributed by atoms with van der Waals surface area (Å²) in [5.41, 5.74) is -0.537. The molecule has 174 valence electrons. The van der Waals surface area contributed by atoms with Crippen LogP contribution in [0.15, 0.2) is 22.7 Å². The first-order valence-corrected chi connectivity index (χ1v) is 10.9. The van der Waals surface area contributed by atoms with Crippen molar-refractivity contribution in [3.8, 4) is 17.1 Å². The van der Waals surface area contributed by atoms with E-state index in [0.29, 0.717) is 5.89 Å². The molecule has 1 aromatic heterocycles. The minimum absolute atomic E-state index is 0. The van der Waals surface area contributed by atoms with Crippen LogP contribution in [0.4, 0.5) is 13.2 Å². The van der Waals surface area contributed by atoms with Gasteiger partial charge >= 0.3 is 6.18 Å². The zero-order valence-electron chi connectivity index (χ0n) is 17.8. The number of hydrogen-bond acceptors (Lipinski definition) is 5. The van der Waals surface area contributed by atoms with Gasteiger partial charge in [0.05, 0.1) is 18.1 Å². The van der Waals surface area contributed by atoms with Crippen LogP contribution in [0, 0.1) is 0 Å². The molecule has 0 spiro atoms. The van der Waals surface area contributed by atoms with Crippen molar-refractivity contribution in [2.24, 2.45) is 0 Å². The number of nitrogens with one attached hydrogen (secondary N) is 1. The molecule has 1 aromatic carbocycles. The van der Waals surface area contributed by atoms with Crippen molar-refractivity contribution in [1.82, 2.24) is 15.5 Å². The van der Waals surface area contributed by atoms with E-state index in [-0.39, 0.29) is 42.1 Å². The molecule has 9 heteroatoms. The molecule has 1 aliphatic rings. The first-order valence-electron chi connectivity index (χ1n) is 10.9. The summed E-state index contributed by atoms with van der Waals surface area (Å²) >= 11 is 0. The molecule has 2 heterocycles. The van der Waals surface area contributed by atoms with Gasteiger partial charge in [0.25, 0.3) is 0 Å². The van der Waals surface area contributed by atoms with Crippen molar-refractivity contribution >= 4 is 12.4 Å². The van der Waals surface area contributed by atoms with Crippen LogP contribution < -0.4 is 10.1 Å². The predicted molar refractivity (Wildman–Crippen MR) is 116 cm³/mol. The zero-order chi connectivity index (χ0) is 21.4. The summed E-state index contributed by atoms with van der Waals surface area (Å²) in [6.07, 6.45) is 3.70. The second-order valence-corrected chi connectivity index (χ2v) is 7.82. The molecule has 3 rings (SSSR count). The van der Waals surface area contributed by atoms with E-state index in [1.54, 1.807) is 6.07 Å². The maximum atomic E-state index is 13.6. The van der Waals surface area contributed by atoms with Gasteiger partial charge in [0.1, 0.15) is 5.75 Å². The summed E-state index contributed by atoms with van der Waals surface area (Å²) in [5.74, 6) is 0.583. The lowest BCUT2D eigenvalue weighted by molar-refractivity contribution is -0.138. The van der Waals surface area contributed by atoms with Crippen LogP contribution in [0.3, 0.4) is 0 Å². The van der Waals surface area contributed by atoms with Gasteiger partial charge in [0, 0.05) is 12.1 Å². The topological polar surface area (TPSA) is 60.2 Å². The SMILES string of the molecule is CCCCCCCCOc1ccc(-c2noc(C3CCCNC3)n2)cc1C(F)(F)F.Cl. The van der Waals surface area contributed by atoms with E-state index in [1.165, 1.54) is 12.5 Å². The van der Waals surface area contributed by atoms with Crippen LogP contribution in [0.1, 0.15) is 75.7 Å². The normalized spacial score (nSPS) is 16.7. The highest BCUT2D eigenvalue weighted by molar-refractivity contribution is 5.85. The maximum absolute atomic E-state index is 13.6. The number of hydrogen-bond donors (Lipinski definition) is 1. The first-order chi connectivity index (χ1) is 14.5. The lowest BCUT2D eigenvalue weighted by Gasteiger charge is -2.18. The van der Waals surface area contributed by atoms with Crippen molar-refractivity contribution in [2.75, 3.05) is 19.7 Å². The van der Waals surface area contributed by atoms with Gasteiger partial charge in [-0.3, -0.25) is 0 Å². The van der Waals surface area contributed by atoms with E-state index in [4.69, 9.17) is 9.26 Å². The highest BCUT2D eigenvalue weighted by Crippen LogP contribution is 2.38. The van der Waals surface area contributed by atoms with Crippen molar-refractivity contribution in [3.05, 3.63) is 29.7 Å². The quantitative estimate of drug-likeness (QED) is 0.416. The molecule has 0 bridgehead atoms. The number of benzene rings is 1. The lowest BCUT2D eigenvalue weighted by Crippen LogP contribution is -2.28. The van der Waals surface area contributed by atoms with Gasteiger partial charge in [-0.15, -0.1) is 12.4 Å². The molecule has 1 atom stereocenters. The van der Waals surface area contributed by atoms with Crippen LogP contribution in [0.2, 0.25) is 0 Å². The summed E-state index contributed by atoms with van der Waals surface area (Å²) in [6.45, 7) is 4.11. The van der Waals surface area contributed by atoms with Crippen molar-refractivity contribution in [1.29, 1.82) is 0 Å². The second-order valence-electron chi connectivity index (χ2n) is 7.82. The number of ether oxygens (including phenoxy) is 1. The zero-order valence-corrected chi connectivity index (χ0v) is 18.7. The molecule has 1 aliphatic heterocycles. The summed E-state index contributed by atoms with van der Waals surface area (Å²) in [7, 11) is 0. The van der Waals surface area contributed by atoms with E-state index >= 15 is 0 Å². The van der Waals surface area contributed by atoms with Gasteiger partial charge < -0.3 is 14.6 Å². The fourth-order valence-electron chi connectivity index (χ4n) is 3.66. The number of alkyl halides is 3. The van der Waals surface area contributed by atoms with Gasteiger partial charge in [-0.05, 0) is 44.0 Å². The standard InChI is InChI=1S/C22H30F3N3O2.ClH/c1-2-3-4-5-6-7-13-29-19-11-10-16(14-18(19)22(23,24)25)20-27-21(30-28-20)17-9-8-12-26-15-17;/h10-11,14,17,26H,2-9,12-13,15H2,1H3;1H. The van der Waals surface area contributed by atoms with Gasteiger partial charge in [-0.2, -0.15) is 18.2 Å². The van der Waals surface area contributed by atoms with E-state index in [0.717, 1.165) is 64.1 Å². The Morgan fingerprint density at radius 2 is 1.94 bits per heavy atom. The van der Waals surface area contributed by atoms with Crippen LogP contribution in [-0.4, -0.2) is 29.8 Å². The Hall–Kier alpha value is -1.80. The largest absolute Gasteiger partial charge is 0.493 e. The highest BCUT2D eigenvalue weighted by atomic mass is 35.5. The molecule has 0 radical (unpaired) electrons. The lowest BCUT2D eigenvalue weighted by atomic mass is 10.00. The van der Waals surface area contributed by atoms with Crippen LogP contribution >= 0.6 is 12.4 Å².